The predicted octanol–water partition coefficient (Wildman–Crippen LogP) is 2.63. The Bertz CT molecular complexity index is 598. The van der Waals surface area contributed by atoms with Crippen LogP contribution in [0.3, 0.4) is 0 Å². The number of carbonyl (C=O) groups is 2. The zero-order chi connectivity index (χ0) is 18.5. The van der Waals surface area contributed by atoms with Gasteiger partial charge in [0.2, 0.25) is 5.91 Å². The summed E-state index contributed by atoms with van der Waals surface area (Å²) in [5.41, 5.74) is -1.76. The van der Waals surface area contributed by atoms with Crippen LogP contribution in [0.2, 0.25) is 0 Å². The standard InChI is InChI=1S/C15H20F3N3O3/c1-9(21-13(23)24-14(2,3)4)12(22)20-7-10-5-6-19-8-11(10)15(16,17)18/h5-6,8-9H,7H2,1-4H3,(H,20,22)(H,21,23)/t9-/m1/s1. The summed E-state index contributed by atoms with van der Waals surface area (Å²) in [4.78, 5) is 26.9. The van der Waals surface area contributed by atoms with Crippen LogP contribution in [0.4, 0.5) is 18.0 Å². The highest BCUT2D eigenvalue weighted by atomic mass is 19.4. The number of hydrogen-bond donors (Lipinski definition) is 2. The Morgan fingerprint density at radius 3 is 2.46 bits per heavy atom. The lowest BCUT2D eigenvalue weighted by molar-refractivity contribution is -0.138. The predicted molar refractivity (Wildman–Crippen MR) is 79.9 cm³/mol. The fourth-order valence-corrected chi connectivity index (χ4v) is 1.72. The maximum absolute atomic E-state index is 12.8. The molecule has 0 aliphatic carbocycles. The van der Waals surface area contributed by atoms with Gasteiger partial charge in [0.25, 0.3) is 0 Å². The molecular weight excluding hydrogens is 327 g/mol. The van der Waals surface area contributed by atoms with E-state index in [2.05, 4.69) is 15.6 Å². The lowest BCUT2D eigenvalue weighted by atomic mass is 10.1. The number of nitrogens with one attached hydrogen (secondary N) is 2. The van der Waals surface area contributed by atoms with Crippen LogP contribution in [0.1, 0.15) is 38.8 Å². The largest absolute Gasteiger partial charge is 0.444 e. The maximum atomic E-state index is 12.8. The number of halogens is 3. The van der Waals surface area contributed by atoms with E-state index in [1.54, 1.807) is 20.8 Å². The third-order valence-electron chi connectivity index (χ3n) is 2.80. The van der Waals surface area contributed by atoms with Crippen molar-refractivity contribution in [1.82, 2.24) is 15.6 Å². The lowest BCUT2D eigenvalue weighted by Gasteiger charge is -2.21. The maximum Gasteiger partial charge on any atom is 0.418 e. The molecule has 1 aromatic heterocycles. The molecule has 0 spiro atoms. The number of rotatable bonds is 4. The first kappa shape index (κ1) is 19.7. The molecule has 9 heteroatoms. The van der Waals surface area contributed by atoms with Crippen LogP contribution in [-0.2, 0) is 22.3 Å². The minimum absolute atomic E-state index is 0.115. The van der Waals surface area contributed by atoms with E-state index in [1.165, 1.54) is 19.2 Å². The summed E-state index contributed by atoms with van der Waals surface area (Å²) in [6.07, 6.45) is -3.44. The van der Waals surface area contributed by atoms with E-state index in [-0.39, 0.29) is 12.1 Å². The number of nitrogens with zero attached hydrogens (tertiary/aromatic N) is 1. The molecular formula is C15H20F3N3O3. The van der Waals surface area contributed by atoms with E-state index in [0.29, 0.717) is 6.20 Å². The fraction of sp³-hybridized carbons (Fsp3) is 0.533. The SMILES string of the molecule is C[C@@H](NC(=O)OC(C)(C)C)C(=O)NCc1ccncc1C(F)(F)F. The van der Waals surface area contributed by atoms with Crippen molar-refractivity contribution in [3.8, 4) is 0 Å². The molecule has 24 heavy (non-hydrogen) atoms. The molecule has 134 valence electrons. The van der Waals surface area contributed by atoms with E-state index < -0.39 is 35.4 Å². The highest BCUT2D eigenvalue weighted by molar-refractivity contribution is 5.85. The van der Waals surface area contributed by atoms with Gasteiger partial charge >= 0.3 is 12.3 Å². The molecule has 1 atom stereocenters. The molecule has 0 bridgehead atoms. The molecule has 0 aliphatic heterocycles. The number of pyridine rings is 1. The van der Waals surface area contributed by atoms with Gasteiger partial charge in [0.05, 0.1) is 5.56 Å². The van der Waals surface area contributed by atoms with Gasteiger partial charge in [0, 0.05) is 18.9 Å². The molecule has 0 aliphatic rings. The number of amides is 2. The average molecular weight is 347 g/mol. The topological polar surface area (TPSA) is 80.3 Å². The van der Waals surface area contributed by atoms with Crippen molar-refractivity contribution in [2.45, 2.75) is 52.1 Å². The van der Waals surface area contributed by atoms with E-state index in [1.807, 2.05) is 0 Å². The van der Waals surface area contributed by atoms with Gasteiger partial charge in [-0.2, -0.15) is 13.2 Å². The van der Waals surface area contributed by atoms with Crippen LogP contribution in [0.25, 0.3) is 0 Å². The van der Waals surface area contributed by atoms with Gasteiger partial charge in [-0.3, -0.25) is 9.78 Å². The van der Waals surface area contributed by atoms with Crippen molar-refractivity contribution in [1.29, 1.82) is 0 Å². The zero-order valence-electron chi connectivity index (χ0n) is 13.8. The Hall–Kier alpha value is -2.32. The van der Waals surface area contributed by atoms with Gasteiger partial charge in [-0.1, -0.05) is 0 Å². The number of alkyl carbamates (subject to hydrolysis) is 1. The Morgan fingerprint density at radius 1 is 1.29 bits per heavy atom. The Kier molecular flexibility index (Phi) is 6.16. The molecule has 0 fully saturated rings. The summed E-state index contributed by atoms with van der Waals surface area (Å²) in [6, 6.07) is 0.214. The number of carbonyl (C=O) groups excluding carboxylic acids is 2. The molecule has 0 radical (unpaired) electrons. The molecule has 1 aromatic rings. The summed E-state index contributed by atoms with van der Waals surface area (Å²) in [5.74, 6) is -0.634. The van der Waals surface area contributed by atoms with Gasteiger partial charge < -0.3 is 15.4 Å². The van der Waals surface area contributed by atoms with Gasteiger partial charge in [-0.15, -0.1) is 0 Å². The van der Waals surface area contributed by atoms with Crippen LogP contribution >= 0.6 is 0 Å². The normalized spacial score (nSPS) is 13.1. The lowest BCUT2D eigenvalue weighted by Crippen LogP contribution is -2.46. The first-order valence-corrected chi connectivity index (χ1v) is 7.17. The minimum atomic E-state index is -4.56. The number of alkyl halides is 3. The van der Waals surface area contributed by atoms with Crippen LogP contribution < -0.4 is 10.6 Å². The monoisotopic (exact) mass is 347 g/mol. The zero-order valence-corrected chi connectivity index (χ0v) is 13.8. The van der Waals surface area contributed by atoms with Gasteiger partial charge in [-0.25, -0.2) is 4.79 Å². The van der Waals surface area contributed by atoms with Crippen LogP contribution in [0.5, 0.6) is 0 Å². The number of hydrogen-bond acceptors (Lipinski definition) is 4. The highest BCUT2D eigenvalue weighted by Crippen LogP contribution is 2.31. The van der Waals surface area contributed by atoms with Gasteiger partial charge in [-0.05, 0) is 39.3 Å². The third-order valence-corrected chi connectivity index (χ3v) is 2.80. The van der Waals surface area contributed by atoms with Crippen molar-refractivity contribution in [3.05, 3.63) is 29.6 Å². The van der Waals surface area contributed by atoms with Crippen molar-refractivity contribution < 1.29 is 27.5 Å². The van der Waals surface area contributed by atoms with Gasteiger partial charge in [0.15, 0.2) is 0 Å². The smallest absolute Gasteiger partial charge is 0.418 e. The molecule has 6 nitrogen and oxygen atoms in total. The second-order valence-corrected chi connectivity index (χ2v) is 6.12. The van der Waals surface area contributed by atoms with Crippen molar-refractivity contribution in [2.75, 3.05) is 0 Å². The Balaban J connectivity index is 2.62. The molecule has 2 N–H and O–H groups in total. The number of ether oxygens (including phenoxy) is 1. The second kappa shape index (κ2) is 7.50. The third kappa shape index (κ3) is 6.43. The Labute approximate surface area is 137 Å². The second-order valence-electron chi connectivity index (χ2n) is 6.12. The molecule has 0 saturated heterocycles. The van der Waals surface area contributed by atoms with E-state index in [0.717, 1.165) is 0 Å². The van der Waals surface area contributed by atoms with E-state index in [9.17, 15) is 22.8 Å². The molecule has 1 heterocycles. The van der Waals surface area contributed by atoms with E-state index in [4.69, 9.17) is 4.74 Å². The molecule has 0 aromatic carbocycles. The van der Waals surface area contributed by atoms with E-state index >= 15 is 0 Å². The van der Waals surface area contributed by atoms with Crippen LogP contribution in [0, 0.1) is 0 Å². The molecule has 0 unspecified atom stereocenters. The Morgan fingerprint density at radius 2 is 1.92 bits per heavy atom. The molecule has 0 saturated carbocycles. The number of aromatic nitrogens is 1. The summed E-state index contributed by atoms with van der Waals surface area (Å²) < 4.78 is 43.5. The first-order chi connectivity index (χ1) is 10.9. The van der Waals surface area contributed by atoms with Crippen molar-refractivity contribution in [3.63, 3.8) is 0 Å². The fourth-order valence-electron chi connectivity index (χ4n) is 1.72. The molecule has 1 rings (SSSR count). The van der Waals surface area contributed by atoms with Crippen LogP contribution in [0.15, 0.2) is 18.5 Å². The minimum Gasteiger partial charge on any atom is -0.444 e. The first-order valence-electron chi connectivity index (χ1n) is 7.17. The summed E-state index contributed by atoms with van der Waals surface area (Å²) in [7, 11) is 0. The van der Waals surface area contributed by atoms with Crippen molar-refractivity contribution >= 4 is 12.0 Å². The average Bonchev–Trinajstić information content (AvgIpc) is 2.41. The summed E-state index contributed by atoms with van der Waals surface area (Å²) in [6.45, 7) is 6.06. The van der Waals surface area contributed by atoms with Gasteiger partial charge in [0.1, 0.15) is 11.6 Å². The molecule has 2 amide bonds. The van der Waals surface area contributed by atoms with Crippen LogP contribution in [-0.4, -0.2) is 28.6 Å². The highest BCUT2D eigenvalue weighted by Gasteiger charge is 2.33. The van der Waals surface area contributed by atoms with Crippen molar-refractivity contribution in [2.24, 2.45) is 0 Å². The quantitative estimate of drug-likeness (QED) is 0.877. The summed E-state index contributed by atoms with van der Waals surface area (Å²) >= 11 is 0. The summed E-state index contributed by atoms with van der Waals surface area (Å²) in [5, 5.41) is 4.65.